The summed E-state index contributed by atoms with van der Waals surface area (Å²) in [6.07, 6.45) is -0.868. The SMILES string of the molecule is CCN(CC)CCNC(=O)c1c(C)[nH]c(/C=C2/C(=O)Nc3ccc(F)cc32)c1C.O=C(O)C[C@H](O)C(=O)O. The quantitative estimate of drug-likeness (QED) is 0.253. The summed E-state index contributed by atoms with van der Waals surface area (Å²) in [4.78, 5) is 49.9. The zero-order valence-corrected chi connectivity index (χ0v) is 21.7. The summed E-state index contributed by atoms with van der Waals surface area (Å²) in [5, 5.41) is 29.8. The Morgan fingerprint density at radius 1 is 1.16 bits per heavy atom. The molecule has 0 spiro atoms. The number of carbonyl (C=O) groups is 4. The van der Waals surface area contributed by atoms with Gasteiger partial charge in [0, 0.05) is 35.7 Å². The number of benzene rings is 1. The Morgan fingerprint density at radius 3 is 2.37 bits per heavy atom. The fraction of sp³-hybridized carbons (Fsp3) is 0.385. The zero-order valence-electron chi connectivity index (χ0n) is 21.7. The second kappa shape index (κ2) is 13.5. The van der Waals surface area contributed by atoms with E-state index in [2.05, 4.69) is 34.4 Å². The number of anilines is 1. The number of hydrogen-bond donors (Lipinski definition) is 6. The van der Waals surface area contributed by atoms with Gasteiger partial charge in [-0.2, -0.15) is 0 Å². The predicted octanol–water partition coefficient (Wildman–Crippen LogP) is 2.24. The number of halogens is 1. The largest absolute Gasteiger partial charge is 0.481 e. The summed E-state index contributed by atoms with van der Waals surface area (Å²) in [7, 11) is 0. The number of amides is 2. The summed E-state index contributed by atoms with van der Waals surface area (Å²) in [5.41, 5.74) is 4.20. The third-order valence-electron chi connectivity index (χ3n) is 6.02. The highest BCUT2D eigenvalue weighted by molar-refractivity contribution is 6.34. The van der Waals surface area contributed by atoms with Gasteiger partial charge in [-0.3, -0.25) is 14.4 Å². The van der Waals surface area contributed by atoms with Crippen LogP contribution in [0.25, 0.3) is 11.6 Å². The Hall–Kier alpha value is -4.03. The maximum atomic E-state index is 13.7. The monoisotopic (exact) mass is 532 g/mol. The van der Waals surface area contributed by atoms with Gasteiger partial charge in [0.05, 0.1) is 17.6 Å². The van der Waals surface area contributed by atoms with Gasteiger partial charge in [-0.15, -0.1) is 0 Å². The Morgan fingerprint density at radius 2 is 1.82 bits per heavy atom. The van der Waals surface area contributed by atoms with Crippen LogP contribution in [0.5, 0.6) is 0 Å². The van der Waals surface area contributed by atoms with Crippen LogP contribution in [0.3, 0.4) is 0 Å². The number of nitrogens with one attached hydrogen (secondary N) is 3. The molecule has 206 valence electrons. The molecule has 1 aromatic heterocycles. The van der Waals surface area contributed by atoms with E-state index in [0.717, 1.165) is 30.9 Å². The van der Waals surface area contributed by atoms with Gasteiger partial charge in [0.1, 0.15) is 5.82 Å². The Labute approximate surface area is 219 Å². The molecule has 11 nitrogen and oxygen atoms in total. The number of fused-ring (bicyclic) bond motifs is 1. The number of carbonyl (C=O) groups excluding carboxylic acids is 2. The van der Waals surface area contributed by atoms with Crippen molar-refractivity contribution in [1.82, 2.24) is 15.2 Å². The minimum Gasteiger partial charge on any atom is -0.481 e. The summed E-state index contributed by atoms with van der Waals surface area (Å²) >= 11 is 0. The molecule has 1 atom stereocenters. The molecule has 1 aromatic carbocycles. The number of hydrogen-bond acceptors (Lipinski definition) is 6. The van der Waals surface area contributed by atoms with E-state index in [1.165, 1.54) is 12.1 Å². The van der Waals surface area contributed by atoms with Crippen molar-refractivity contribution in [2.75, 3.05) is 31.5 Å². The second-order valence-electron chi connectivity index (χ2n) is 8.60. The van der Waals surface area contributed by atoms with Crippen molar-refractivity contribution in [3.05, 3.63) is 52.1 Å². The van der Waals surface area contributed by atoms with Gasteiger partial charge in [0.25, 0.3) is 11.8 Å². The van der Waals surface area contributed by atoms with Crippen LogP contribution in [0.1, 0.15) is 53.1 Å². The van der Waals surface area contributed by atoms with Crippen LogP contribution < -0.4 is 10.6 Å². The summed E-state index contributed by atoms with van der Waals surface area (Å²) < 4.78 is 13.7. The molecule has 0 saturated heterocycles. The van der Waals surface area contributed by atoms with E-state index < -0.39 is 30.3 Å². The fourth-order valence-corrected chi connectivity index (χ4v) is 3.92. The Balaban J connectivity index is 0.000000484. The molecule has 0 saturated carbocycles. The topological polar surface area (TPSA) is 172 Å². The van der Waals surface area contributed by atoms with Crippen LogP contribution >= 0.6 is 0 Å². The van der Waals surface area contributed by atoms with E-state index in [0.29, 0.717) is 34.6 Å². The summed E-state index contributed by atoms with van der Waals surface area (Å²) in [6.45, 7) is 11.1. The maximum Gasteiger partial charge on any atom is 0.333 e. The third kappa shape index (κ3) is 7.73. The lowest BCUT2D eigenvalue weighted by Gasteiger charge is -2.18. The summed E-state index contributed by atoms with van der Waals surface area (Å²) in [5.74, 6) is -3.68. The highest BCUT2D eigenvalue weighted by atomic mass is 19.1. The van der Waals surface area contributed by atoms with Crippen molar-refractivity contribution in [3.63, 3.8) is 0 Å². The van der Waals surface area contributed by atoms with Crippen LogP contribution in [0.2, 0.25) is 0 Å². The number of aliphatic hydroxyl groups excluding tert-OH is 1. The highest BCUT2D eigenvalue weighted by Gasteiger charge is 2.26. The maximum absolute atomic E-state index is 13.7. The molecular weight excluding hydrogens is 499 g/mol. The molecule has 0 fully saturated rings. The van der Waals surface area contributed by atoms with Crippen molar-refractivity contribution >= 4 is 41.1 Å². The van der Waals surface area contributed by atoms with E-state index in [9.17, 15) is 23.6 Å². The number of rotatable bonds is 10. The van der Waals surface area contributed by atoms with E-state index >= 15 is 0 Å². The summed E-state index contributed by atoms with van der Waals surface area (Å²) in [6, 6.07) is 4.20. The van der Waals surface area contributed by atoms with E-state index in [4.69, 9.17) is 15.3 Å². The number of aryl methyl sites for hydroxylation is 1. The standard InChI is InChI=1S/C22H27FN4O2.C4H6O5/c1-5-27(6-2)10-9-24-22(29)20-13(3)19(25-14(20)4)12-17-16-11-15(23)7-8-18(16)26-21(17)28;5-2(4(8)9)1-3(6)7/h7-8,11-12,25H,5-6,9-10H2,1-4H3,(H,24,29)(H,26,28);2,5H,1H2,(H,6,7)(H,8,9)/b17-12+;/t;2-/m.0/s1. The highest BCUT2D eigenvalue weighted by Crippen LogP contribution is 2.34. The number of likely N-dealkylation sites (N-methyl/N-ethyl adjacent to an activating group) is 1. The molecule has 2 heterocycles. The van der Waals surface area contributed by atoms with Crippen molar-refractivity contribution in [3.8, 4) is 0 Å². The first-order valence-corrected chi connectivity index (χ1v) is 12.0. The molecule has 38 heavy (non-hydrogen) atoms. The molecule has 12 heteroatoms. The molecule has 1 aliphatic heterocycles. The smallest absolute Gasteiger partial charge is 0.333 e. The van der Waals surface area contributed by atoms with Crippen LogP contribution in [-0.2, 0) is 14.4 Å². The lowest BCUT2D eigenvalue weighted by Crippen LogP contribution is -2.35. The number of aromatic nitrogens is 1. The van der Waals surface area contributed by atoms with Gasteiger partial charge in [0.2, 0.25) is 0 Å². The number of aromatic amines is 1. The molecule has 0 aliphatic carbocycles. The van der Waals surface area contributed by atoms with Gasteiger partial charge in [-0.05, 0) is 56.8 Å². The molecule has 1 aliphatic rings. The molecule has 2 aromatic rings. The van der Waals surface area contributed by atoms with E-state index in [1.807, 2.05) is 13.8 Å². The fourth-order valence-electron chi connectivity index (χ4n) is 3.92. The van der Waals surface area contributed by atoms with Gasteiger partial charge in [-0.1, -0.05) is 13.8 Å². The number of carboxylic acids is 2. The minimum atomic E-state index is -1.79. The van der Waals surface area contributed by atoms with Crippen LogP contribution in [-0.4, -0.2) is 81.2 Å². The lowest BCUT2D eigenvalue weighted by atomic mass is 10.0. The number of H-pyrrole nitrogens is 1. The van der Waals surface area contributed by atoms with Crippen molar-refractivity contribution in [2.45, 2.75) is 40.2 Å². The third-order valence-corrected chi connectivity index (χ3v) is 6.02. The molecular formula is C26H33FN4O7. The van der Waals surface area contributed by atoms with Crippen molar-refractivity contribution in [2.24, 2.45) is 0 Å². The first-order valence-electron chi connectivity index (χ1n) is 12.0. The van der Waals surface area contributed by atoms with Crippen LogP contribution in [0.4, 0.5) is 10.1 Å². The first kappa shape index (κ1) is 30.2. The first-order chi connectivity index (χ1) is 17.9. The van der Waals surface area contributed by atoms with Gasteiger partial charge >= 0.3 is 11.9 Å². The molecule has 0 unspecified atom stereocenters. The van der Waals surface area contributed by atoms with Crippen molar-refractivity contribution < 1.29 is 38.9 Å². The Kier molecular flexibility index (Phi) is 10.7. The molecule has 0 bridgehead atoms. The average Bonchev–Trinajstić information content (AvgIpc) is 3.31. The molecule has 0 radical (unpaired) electrons. The van der Waals surface area contributed by atoms with E-state index in [-0.39, 0.29) is 11.8 Å². The van der Waals surface area contributed by atoms with Gasteiger partial charge in [0.15, 0.2) is 6.10 Å². The normalized spacial score (nSPS) is 14.0. The molecule has 3 rings (SSSR count). The minimum absolute atomic E-state index is 0.143. The van der Waals surface area contributed by atoms with Gasteiger partial charge in [-0.25, -0.2) is 9.18 Å². The zero-order chi connectivity index (χ0) is 28.6. The van der Waals surface area contributed by atoms with Crippen LogP contribution in [0, 0.1) is 19.7 Å². The number of aliphatic carboxylic acids is 2. The van der Waals surface area contributed by atoms with Crippen LogP contribution in [0.15, 0.2) is 18.2 Å². The van der Waals surface area contributed by atoms with Gasteiger partial charge < -0.3 is 35.8 Å². The molecule has 2 amide bonds. The second-order valence-corrected chi connectivity index (χ2v) is 8.60. The predicted molar refractivity (Wildman–Crippen MR) is 139 cm³/mol. The molecule has 6 N–H and O–H groups in total. The lowest BCUT2D eigenvalue weighted by molar-refractivity contribution is -0.152. The van der Waals surface area contributed by atoms with E-state index in [1.54, 1.807) is 12.1 Å². The Bertz CT molecular complexity index is 1230. The van der Waals surface area contributed by atoms with Crippen molar-refractivity contribution in [1.29, 1.82) is 0 Å². The average molecular weight is 533 g/mol. The number of nitrogens with zero attached hydrogens (tertiary/aromatic N) is 1. The number of aliphatic hydroxyl groups is 1. The number of carboxylic acid groups (broad SMARTS) is 2.